The Bertz CT molecular complexity index is 417. The Balaban J connectivity index is 1.80. The van der Waals surface area contributed by atoms with Crippen molar-refractivity contribution in [2.24, 2.45) is 5.41 Å². The molecular weight excluding hydrogens is 252 g/mol. The van der Waals surface area contributed by atoms with Gasteiger partial charge in [0, 0.05) is 13.1 Å². The molecule has 2 heterocycles. The maximum Gasteiger partial charge on any atom is 0.246 e. The average Bonchev–Trinajstić information content (AvgIpc) is 3.01. The van der Waals surface area contributed by atoms with Gasteiger partial charge in [0.2, 0.25) is 11.8 Å². The molecule has 1 aliphatic carbocycles. The molecule has 4 heteroatoms. The van der Waals surface area contributed by atoms with Gasteiger partial charge in [0.15, 0.2) is 0 Å². The van der Waals surface area contributed by atoms with E-state index < -0.39 is 0 Å². The summed E-state index contributed by atoms with van der Waals surface area (Å²) in [7, 11) is 0. The van der Waals surface area contributed by atoms with Crippen LogP contribution in [0.15, 0.2) is 0 Å². The summed E-state index contributed by atoms with van der Waals surface area (Å²) < 4.78 is 0. The fraction of sp³-hybridized carbons (Fsp3) is 0.875. The van der Waals surface area contributed by atoms with E-state index in [0.717, 1.165) is 32.4 Å². The van der Waals surface area contributed by atoms with Gasteiger partial charge in [-0.15, -0.1) is 0 Å². The molecule has 0 aromatic carbocycles. The lowest BCUT2D eigenvalue weighted by molar-refractivity contribution is -0.160. The first-order chi connectivity index (χ1) is 9.62. The molecule has 3 rings (SSSR count). The van der Waals surface area contributed by atoms with Crippen molar-refractivity contribution in [3.05, 3.63) is 0 Å². The Morgan fingerprint density at radius 1 is 1.20 bits per heavy atom. The highest BCUT2D eigenvalue weighted by atomic mass is 16.2. The van der Waals surface area contributed by atoms with E-state index in [2.05, 4.69) is 6.92 Å². The van der Waals surface area contributed by atoms with E-state index in [-0.39, 0.29) is 23.9 Å². The van der Waals surface area contributed by atoms with Crippen LogP contribution < -0.4 is 0 Å². The van der Waals surface area contributed by atoms with Gasteiger partial charge in [0.1, 0.15) is 12.1 Å². The lowest BCUT2D eigenvalue weighted by atomic mass is 9.95. The predicted molar refractivity (Wildman–Crippen MR) is 77.1 cm³/mol. The van der Waals surface area contributed by atoms with Gasteiger partial charge in [0.05, 0.1) is 0 Å². The van der Waals surface area contributed by atoms with Gasteiger partial charge in [-0.25, -0.2) is 0 Å². The highest BCUT2D eigenvalue weighted by Gasteiger charge is 2.51. The molecule has 2 aliphatic heterocycles. The van der Waals surface area contributed by atoms with Crippen LogP contribution in [-0.4, -0.2) is 46.8 Å². The highest BCUT2D eigenvalue weighted by molar-refractivity contribution is 5.97. The summed E-state index contributed by atoms with van der Waals surface area (Å²) in [6.45, 7) is 5.83. The third-order valence-electron chi connectivity index (χ3n) is 5.40. The fourth-order valence-electron chi connectivity index (χ4n) is 4.10. The molecule has 2 amide bonds. The normalized spacial score (nSPS) is 31.7. The zero-order valence-electron chi connectivity index (χ0n) is 12.7. The minimum Gasteiger partial charge on any atom is -0.329 e. The second-order valence-corrected chi connectivity index (χ2v) is 6.83. The quantitative estimate of drug-likeness (QED) is 0.773. The van der Waals surface area contributed by atoms with Crippen LogP contribution in [-0.2, 0) is 9.59 Å². The molecule has 3 fully saturated rings. The second-order valence-electron chi connectivity index (χ2n) is 6.83. The van der Waals surface area contributed by atoms with E-state index in [0.29, 0.717) is 5.41 Å². The smallest absolute Gasteiger partial charge is 0.246 e. The summed E-state index contributed by atoms with van der Waals surface area (Å²) in [5, 5.41) is 0. The number of hydrogen-bond donors (Lipinski definition) is 0. The molecule has 0 radical (unpaired) electrons. The molecule has 112 valence electrons. The lowest BCUT2D eigenvalue weighted by Gasteiger charge is -2.43. The average molecular weight is 278 g/mol. The summed E-state index contributed by atoms with van der Waals surface area (Å²) in [6.07, 6.45) is 7.40. The summed E-state index contributed by atoms with van der Waals surface area (Å²) in [4.78, 5) is 29.1. The number of carbonyl (C=O) groups is 2. The van der Waals surface area contributed by atoms with Crippen LogP contribution in [0.3, 0.4) is 0 Å². The molecule has 4 nitrogen and oxygen atoms in total. The maximum absolute atomic E-state index is 12.8. The van der Waals surface area contributed by atoms with E-state index in [9.17, 15) is 9.59 Å². The van der Waals surface area contributed by atoms with Crippen molar-refractivity contribution in [2.75, 3.05) is 13.1 Å². The molecule has 0 aromatic rings. The van der Waals surface area contributed by atoms with Crippen LogP contribution in [0.4, 0.5) is 0 Å². The number of nitrogens with zero attached hydrogens (tertiary/aromatic N) is 2. The van der Waals surface area contributed by atoms with Gasteiger partial charge >= 0.3 is 0 Å². The summed E-state index contributed by atoms with van der Waals surface area (Å²) >= 11 is 0. The van der Waals surface area contributed by atoms with Crippen LogP contribution >= 0.6 is 0 Å². The van der Waals surface area contributed by atoms with E-state index >= 15 is 0 Å². The molecule has 2 saturated heterocycles. The fourth-order valence-corrected chi connectivity index (χ4v) is 4.10. The number of rotatable bonds is 5. The maximum atomic E-state index is 12.8. The predicted octanol–water partition coefficient (Wildman–Crippen LogP) is 2.18. The molecule has 0 bridgehead atoms. The monoisotopic (exact) mass is 278 g/mol. The molecule has 2 atom stereocenters. The summed E-state index contributed by atoms with van der Waals surface area (Å²) in [5.41, 5.74) is 0.332. The van der Waals surface area contributed by atoms with Gasteiger partial charge < -0.3 is 9.80 Å². The molecule has 20 heavy (non-hydrogen) atoms. The van der Waals surface area contributed by atoms with E-state index in [1.807, 2.05) is 16.7 Å². The van der Waals surface area contributed by atoms with Crippen molar-refractivity contribution in [1.29, 1.82) is 0 Å². The lowest BCUT2D eigenvalue weighted by Crippen LogP contribution is -2.63. The van der Waals surface area contributed by atoms with E-state index in [1.54, 1.807) is 0 Å². The van der Waals surface area contributed by atoms with Crippen LogP contribution in [0.1, 0.15) is 58.8 Å². The van der Waals surface area contributed by atoms with E-state index in [1.165, 1.54) is 25.7 Å². The molecule has 2 unspecified atom stereocenters. The van der Waals surface area contributed by atoms with Crippen molar-refractivity contribution in [2.45, 2.75) is 70.9 Å². The third kappa shape index (κ3) is 2.13. The zero-order chi connectivity index (χ0) is 14.3. The van der Waals surface area contributed by atoms with Gasteiger partial charge in [-0.05, 0) is 43.9 Å². The van der Waals surface area contributed by atoms with Crippen molar-refractivity contribution < 1.29 is 9.59 Å². The van der Waals surface area contributed by atoms with Crippen molar-refractivity contribution in [1.82, 2.24) is 9.80 Å². The van der Waals surface area contributed by atoms with Crippen molar-refractivity contribution in [3.8, 4) is 0 Å². The minimum atomic E-state index is -0.203. The van der Waals surface area contributed by atoms with Crippen LogP contribution in [0.25, 0.3) is 0 Å². The Labute approximate surface area is 121 Å². The molecule has 1 saturated carbocycles. The summed E-state index contributed by atoms with van der Waals surface area (Å²) in [5.74, 6) is 0.415. The zero-order valence-corrected chi connectivity index (χ0v) is 12.7. The largest absolute Gasteiger partial charge is 0.329 e. The van der Waals surface area contributed by atoms with Gasteiger partial charge in [0.25, 0.3) is 0 Å². The number of piperazine rings is 1. The number of hydrogen-bond acceptors (Lipinski definition) is 2. The first-order valence-corrected chi connectivity index (χ1v) is 8.23. The molecule has 0 spiro atoms. The molecular formula is C16H26N2O2. The van der Waals surface area contributed by atoms with Gasteiger partial charge in [-0.2, -0.15) is 0 Å². The Morgan fingerprint density at radius 3 is 2.55 bits per heavy atom. The molecule has 3 aliphatic rings. The van der Waals surface area contributed by atoms with Gasteiger partial charge in [-0.3, -0.25) is 9.59 Å². The third-order valence-corrected chi connectivity index (χ3v) is 5.40. The Kier molecular flexibility index (Phi) is 3.51. The first-order valence-electron chi connectivity index (χ1n) is 8.23. The SMILES string of the molecule is CCCC1(CN2C(=O)C3CCCN3C(=O)C2CC)CC1. The van der Waals surface area contributed by atoms with Crippen LogP contribution in [0, 0.1) is 5.41 Å². The number of amides is 2. The van der Waals surface area contributed by atoms with Crippen molar-refractivity contribution >= 4 is 11.8 Å². The second kappa shape index (κ2) is 5.05. The summed E-state index contributed by atoms with van der Waals surface area (Å²) in [6, 6.07) is -0.353. The van der Waals surface area contributed by atoms with Crippen LogP contribution in [0.2, 0.25) is 0 Å². The standard InChI is InChI=1S/C16H26N2O2/c1-3-7-16(8-9-16)11-18-12(4-2)14(19)17-10-5-6-13(17)15(18)20/h12-13H,3-11H2,1-2H3. The Morgan fingerprint density at radius 2 is 1.95 bits per heavy atom. The first kappa shape index (κ1) is 13.9. The highest BCUT2D eigenvalue weighted by Crippen LogP contribution is 2.51. The van der Waals surface area contributed by atoms with Crippen LogP contribution in [0.5, 0.6) is 0 Å². The van der Waals surface area contributed by atoms with E-state index in [4.69, 9.17) is 0 Å². The topological polar surface area (TPSA) is 40.6 Å². The molecule has 0 aromatic heterocycles. The minimum absolute atomic E-state index is 0.150. The van der Waals surface area contributed by atoms with Crippen molar-refractivity contribution in [3.63, 3.8) is 0 Å². The number of fused-ring (bicyclic) bond motifs is 1. The Hall–Kier alpha value is -1.06. The number of carbonyl (C=O) groups excluding carboxylic acids is 2. The molecule has 0 N–H and O–H groups in total. The van der Waals surface area contributed by atoms with Gasteiger partial charge in [-0.1, -0.05) is 20.3 Å².